The van der Waals surface area contributed by atoms with Crippen LogP contribution >= 0.6 is 0 Å². The van der Waals surface area contributed by atoms with Crippen molar-refractivity contribution < 1.29 is 14.3 Å². The van der Waals surface area contributed by atoms with Gasteiger partial charge in [-0.1, -0.05) is 42.5 Å². The van der Waals surface area contributed by atoms with E-state index in [1.165, 1.54) is 0 Å². The summed E-state index contributed by atoms with van der Waals surface area (Å²) in [5.74, 6) is -0.181. The Bertz CT molecular complexity index is 746. The molecule has 0 saturated heterocycles. The lowest BCUT2D eigenvalue weighted by molar-refractivity contribution is -0.118. The Morgan fingerprint density at radius 2 is 1.72 bits per heavy atom. The number of rotatable bonds is 6. The summed E-state index contributed by atoms with van der Waals surface area (Å²) in [6, 6.07) is 17.2. The number of carbonyl (C=O) groups is 2. The Hall–Kier alpha value is -2.66. The first-order valence-corrected chi connectivity index (χ1v) is 8.43. The molecule has 1 heterocycles. The van der Waals surface area contributed by atoms with Crippen molar-refractivity contribution in [3.8, 4) is 0 Å². The standard InChI is InChI=1S/C20H22N2O3/c1-21-18-11-6-5-10-17(18)20(24)22(14-19(21)23)12-7-13-25-15-16-8-3-2-4-9-16/h2-6,8-11H,7,12-15H2,1H3. The van der Waals surface area contributed by atoms with Crippen LogP contribution in [-0.4, -0.2) is 43.5 Å². The zero-order chi connectivity index (χ0) is 17.6. The highest BCUT2D eigenvalue weighted by Gasteiger charge is 2.28. The molecule has 2 aromatic rings. The predicted molar refractivity (Wildman–Crippen MR) is 96.5 cm³/mol. The van der Waals surface area contributed by atoms with Gasteiger partial charge in [0.15, 0.2) is 0 Å². The van der Waals surface area contributed by atoms with Crippen molar-refractivity contribution in [1.29, 1.82) is 0 Å². The van der Waals surface area contributed by atoms with E-state index in [9.17, 15) is 9.59 Å². The number of hydrogen-bond donors (Lipinski definition) is 0. The first-order chi connectivity index (χ1) is 12.2. The van der Waals surface area contributed by atoms with E-state index in [1.54, 1.807) is 29.0 Å². The van der Waals surface area contributed by atoms with Gasteiger partial charge in [0.05, 0.1) is 17.9 Å². The Morgan fingerprint density at radius 1 is 1.00 bits per heavy atom. The molecule has 1 aliphatic rings. The van der Waals surface area contributed by atoms with Crippen molar-refractivity contribution in [2.75, 3.05) is 31.6 Å². The normalized spacial score (nSPS) is 14.4. The lowest BCUT2D eigenvalue weighted by atomic mass is 10.1. The molecule has 2 amide bonds. The van der Waals surface area contributed by atoms with Crippen LogP contribution in [-0.2, 0) is 16.1 Å². The highest BCUT2D eigenvalue weighted by atomic mass is 16.5. The Balaban J connectivity index is 1.55. The SMILES string of the molecule is CN1C(=O)CN(CCCOCc2ccccc2)C(=O)c2ccccc21. The summed E-state index contributed by atoms with van der Waals surface area (Å²) in [6.07, 6.45) is 0.692. The lowest BCUT2D eigenvalue weighted by Crippen LogP contribution is -2.38. The topological polar surface area (TPSA) is 49.9 Å². The van der Waals surface area contributed by atoms with Crippen LogP contribution < -0.4 is 4.90 Å². The quantitative estimate of drug-likeness (QED) is 0.761. The Kier molecular flexibility index (Phi) is 5.46. The van der Waals surface area contributed by atoms with E-state index < -0.39 is 0 Å². The summed E-state index contributed by atoms with van der Waals surface area (Å²) < 4.78 is 5.66. The fraction of sp³-hybridized carbons (Fsp3) is 0.300. The number of amides is 2. The summed E-state index contributed by atoms with van der Waals surface area (Å²) in [7, 11) is 1.71. The molecule has 0 unspecified atom stereocenters. The highest BCUT2D eigenvalue weighted by molar-refractivity contribution is 6.09. The number of fused-ring (bicyclic) bond motifs is 1. The summed E-state index contributed by atoms with van der Waals surface area (Å²) in [5.41, 5.74) is 2.36. The second kappa shape index (κ2) is 7.94. The van der Waals surface area contributed by atoms with Crippen LogP contribution in [0, 0.1) is 0 Å². The molecule has 1 aliphatic heterocycles. The van der Waals surface area contributed by atoms with Gasteiger partial charge in [0.2, 0.25) is 5.91 Å². The highest BCUT2D eigenvalue weighted by Crippen LogP contribution is 2.24. The molecule has 2 aromatic carbocycles. The molecular weight excluding hydrogens is 316 g/mol. The zero-order valence-electron chi connectivity index (χ0n) is 14.4. The van der Waals surface area contributed by atoms with Crippen LogP contribution in [0.2, 0.25) is 0 Å². The first kappa shape index (κ1) is 17.2. The molecule has 25 heavy (non-hydrogen) atoms. The van der Waals surface area contributed by atoms with Gasteiger partial charge in [0.1, 0.15) is 6.54 Å². The summed E-state index contributed by atoms with van der Waals surface area (Å²) in [4.78, 5) is 28.2. The zero-order valence-corrected chi connectivity index (χ0v) is 14.4. The number of nitrogens with zero attached hydrogens (tertiary/aromatic N) is 2. The lowest BCUT2D eigenvalue weighted by Gasteiger charge is -2.20. The van der Waals surface area contributed by atoms with E-state index in [0.717, 1.165) is 5.56 Å². The number of para-hydroxylation sites is 1. The molecule has 0 bridgehead atoms. The summed E-state index contributed by atoms with van der Waals surface area (Å²) in [5, 5.41) is 0. The molecule has 0 atom stereocenters. The fourth-order valence-corrected chi connectivity index (χ4v) is 2.90. The maximum atomic E-state index is 12.7. The number of likely N-dealkylation sites (N-methyl/N-ethyl adjacent to an activating group) is 1. The fourth-order valence-electron chi connectivity index (χ4n) is 2.90. The van der Waals surface area contributed by atoms with Gasteiger partial charge in [-0.25, -0.2) is 0 Å². The van der Waals surface area contributed by atoms with Crippen LogP contribution in [0.1, 0.15) is 22.3 Å². The van der Waals surface area contributed by atoms with Gasteiger partial charge in [-0.05, 0) is 24.1 Å². The number of ether oxygens (including phenoxy) is 1. The van der Waals surface area contributed by atoms with Gasteiger partial charge in [-0.2, -0.15) is 0 Å². The van der Waals surface area contributed by atoms with Crippen molar-refractivity contribution in [3.05, 3.63) is 65.7 Å². The molecule has 0 N–H and O–H groups in total. The van der Waals surface area contributed by atoms with Crippen LogP contribution in [0.4, 0.5) is 5.69 Å². The van der Waals surface area contributed by atoms with Gasteiger partial charge >= 0.3 is 0 Å². The molecule has 0 aromatic heterocycles. The third-order valence-corrected chi connectivity index (χ3v) is 4.31. The molecule has 0 saturated carbocycles. The molecular formula is C20H22N2O3. The number of hydrogen-bond acceptors (Lipinski definition) is 3. The average molecular weight is 338 g/mol. The minimum atomic E-state index is -0.101. The van der Waals surface area contributed by atoms with Gasteiger partial charge in [0.25, 0.3) is 5.91 Å². The maximum absolute atomic E-state index is 12.7. The van der Waals surface area contributed by atoms with Crippen LogP contribution in [0.3, 0.4) is 0 Å². The van der Waals surface area contributed by atoms with Gasteiger partial charge in [-0.15, -0.1) is 0 Å². The molecule has 0 spiro atoms. The van der Waals surface area contributed by atoms with Crippen molar-refractivity contribution in [1.82, 2.24) is 4.90 Å². The maximum Gasteiger partial charge on any atom is 0.256 e. The van der Waals surface area contributed by atoms with Crippen LogP contribution in [0.25, 0.3) is 0 Å². The Morgan fingerprint density at radius 3 is 2.52 bits per heavy atom. The monoisotopic (exact) mass is 338 g/mol. The van der Waals surface area contributed by atoms with E-state index in [1.807, 2.05) is 42.5 Å². The van der Waals surface area contributed by atoms with Crippen molar-refractivity contribution in [2.24, 2.45) is 0 Å². The molecule has 130 valence electrons. The van der Waals surface area contributed by atoms with Gasteiger partial charge in [-0.3, -0.25) is 9.59 Å². The van der Waals surface area contributed by atoms with Gasteiger partial charge in [0, 0.05) is 20.2 Å². The van der Waals surface area contributed by atoms with Gasteiger partial charge < -0.3 is 14.5 Å². The van der Waals surface area contributed by atoms with Crippen molar-refractivity contribution >= 4 is 17.5 Å². The van der Waals surface area contributed by atoms with Crippen molar-refractivity contribution in [2.45, 2.75) is 13.0 Å². The molecule has 5 nitrogen and oxygen atoms in total. The molecule has 0 fully saturated rings. The second-order valence-electron chi connectivity index (χ2n) is 6.09. The summed E-state index contributed by atoms with van der Waals surface area (Å²) >= 11 is 0. The number of anilines is 1. The van der Waals surface area contributed by atoms with E-state index in [0.29, 0.717) is 37.4 Å². The predicted octanol–water partition coefficient (Wildman–Crippen LogP) is 2.71. The first-order valence-electron chi connectivity index (χ1n) is 8.43. The Labute approximate surface area is 147 Å². The van der Waals surface area contributed by atoms with E-state index in [2.05, 4.69) is 0 Å². The van der Waals surface area contributed by atoms with E-state index >= 15 is 0 Å². The number of benzene rings is 2. The largest absolute Gasteiger partial charge is 0.377 e. The third-order valence-electron chi connectivity index (χ3n) is 4.31. The minimum absolute atomic E-state index is 0.0801. The molecule has 5 heteroatoms. The summed E-state index contributed by atoms with van der Waals surface area (Å²) in [6.45, 7) is 1.70. The average Bonchev–Trinajstić information content (AvgIpc) is 2.74. The van der Waals surface area contributed by atoms with Crippen LogP contribution in [0.15, 0.2) is 54.6 Å². The number of carbonyl (C=O) groups excluding carboxylic acids is 2. The van der Waals surface area contributed by atoms with Crippen molar-refractivity contribution in [3.63, 3.8) is 0 Å². The van der Waals surface area contributed by atoms with E-state index in [4.69, 9.17) is 4.74 Å². The minimum Gasteiger partial charge on any atom is -0.377 e. The molecule has 0 aliphatic carbocycles. The van der Waals surface area contributed by atoms with E-state index in [-0.39, 0.29) is 18.4 Å². The molecule has 3 rings (SSSR count). The molecule has 0 radical (unpaired) electrons. The third kappa shape index (κ3) is 4.06. The second-order valence-corrected chi connectivity index (χ2v) is 6.09. The smallest absolute Gasteiger partial charge is 0.256 e. The van der Waals surface area contributed by atoms with Crippen LogP contribution in [0.5, 0.6) is 0 Å².